The number of amides is 3. The highest BCUT2D eigenvalue weighted by Crippen LogP contribution is 2.30. The molecule has 9 heteroatoms. The second-order valence-corrected chi connectivity index (χ2v) is 7.67. The van der Waals surface area contributed by atoms with E-state index in [0.29, 0.717) is 13.0 Å². The third kappa shape index (κ3) is 4.71. The average Bonchev–Trinajstić information content (AvgIpc) is 3.35. The Morgan fingerprint density at radius 1 is 1.14 bits per heavy atom. The van der Waals surface area contributed by atoms with Gasteiger partial charge in [0.1, 0.15) is 6.61 Å². The molecule has 2 aliphatic heterocycles. The zero-order valence-electron chi connectivity index (χ0n) is 17.0. The Balaban J connectivity index is 1.66. The average molecular weight is 407 g/mol. The van der Waals surface area contributed by atoms with Crippen molar-refractivity contribution in [2.75, 3.05) is 19.8 Å². The highest BCUT2D eigenvalue weighted by Gasteiger charge is 2.40. The molecule has 29 heavy (non-hydrogen) atoms. The Hall–Kier alpha value is -2.58. The summed E-state index contributed by atoms with van der Waals surface area (Å²) in [6.45, 7) is 3.85. The standard InChI is InChI=1S/C20H29N3O6/c1-3-14-17(19(26)28-4-2)15(22-20(27)21-14)11-29-18(25)12-9-16(24)23(10-12)13-7-5-6-8-13/h12-14H,3-11H2,1-2H3,(H2,21,22,27)/t12-,14-/m0/s1. The molecule has 0 bridgehead atoms. The lowest BCUT2D eigenvalue weighted by molar-refractivity contribution is -0.148. The molecular formula is C20H29N3O6. The number of nitrogens with zero attached hydrogens (tertiary/aromatic N) is 1. The molecule has 0 radical (unpaired) electrons. The first kappa shape index (κ1) is 21.1. The second-order valence-electron chi connectivity index (χ2n) is 7.67. The van der Waals surface area contributed by atoms with Crippen LogP contribution in [0.15, 0.2) is 11.3 Å². The van der Waals surface area contributed by atoms with E-state index >= 15 is 0 Å². The number of hydrogen-bond acceptors (Lipinski definition) is 6. The highest BCUT2D eigenvalue weighted by atomic mass is 16.5. The van der Waals surface area contributed by atoms with Crippen molar-refractivity contribution in [1.82, 2.24) is 15.5 Å². The maximum absolute atomic E-state index is 12.6. The molecule has 0 spiro atoms. The van der Waals surface area contributed by atoms with E-state index in [1.54, 1.807) is 6.92 Å². The number of rotatable bonds is 7. The van der Waals surface area contributed by atoms with Crippen molar-refractivity contribution in [3.63, 3.8) is 0 Å². The Bertz CT molecular complexity index is 713. The van der Waals surface area contributed by atoms with Crippen molar-refractivity contribution >= 4 is 23.9 Å². The SMILES string of the molecule is CCOC(=O)C1=C(COC(=O)[C@H]2CC(=O)N(C3CCCC3)C2)NC(=O)N[C@H]1CC. The van der Waals surface area contributed by atoms with Gasteiger partial charge in [-0.2, -0.15) is 0 Å². The van der Waals surface area contributed by atoms with Gasteiger partial charge < -0.3 is 25.0 Å². The predicted molar refractivity (Wildman–Crippen MR) is 102 cm³/mol. The highest BCUT2D eigenvalue weighted by molar-refractivity contribution is 5.95. The molecule has 0 aromatic rings. The lowest BCUT2D eigenvalue weighted by Gasteiger charge is -2.28. The fraction of sp³-hybridized carbons (Fsp3) is 0.700. The van der Waals surface area contributed by atoms with E-state index in [0.717, 1.165) is 25.7 Å². The number of esters is 2. The minimum absolute atomic E-state index is 0.00788. The van der Waals surface area contributed by atoms with Gasteiger partial charge in [-0.3, -0.25) is 9.59 Å². The molecular weight excluding hydrogens is 378 g/mol. The molecule has 0 aromatic carbocycles. The summed E-state index contributed by atoms with van der Waals surface area (Å²) in [5.74, 6) is -1.57. The third-order valence-corrected chi connectivity index (χ3v) is 5.76. The summed E-state index contributed by atoms with van der Waals surface area (Å²) in [5.41, 5.74) is 0.487. The van der Waals surface area contributed by atoms with Crippen LogP contribution in [0.1, 0.15) is 52.4 Å². The van der Waals surface area contributed by atoms with E-state index in [1.165, 1.54) is 0 Å². The van der Waals surface area contributed by atoms with E-state index in [1.807, 2.05) is 11.8 Å². The van der Waals surface area contributed by atoms with Crippen LogP contribution in [0.25, 0.3) is 0 Å². The molecule has 2 fully saturated rings. The van der Waals surface area contributed by atoms with Crippen molar-refractivity contribution in [3.05, 3.63) is 11.3 Å². The van der Waals surface area contributed by atoms with Crippen LogP contribution >= 0.6 is 0 Å². The zero-order chi connectivity index (χ0) is 21.0. The first-order valence-electron chi connectivity index (χ1n) is 10.4. The lowest BCUT2D eigenvalue weighted by atomic mass is 10.0. The van der Waals surface area contributed by atoms with E-state index in [2.05, 4.69) is 10.6 Å². The van der Waals surface area contributed by atoms with Crippen molar-refractivity contribution in [2.45, 2.75) is 64.5 Å². The number of hydrogen-bond donors (Lipinski definition) is 2. The summed E-state index contributed by atoms with van der Waals surface area (Å²) >= 11 is 0. The third-order valence-electron chi connectivity index (χ3n) is 5.76. The van der Waals surface area contributed by atoms with Gasteiger partial charge in [0.15, 0.2) is 0 Å². The van der Waals surface area contributed by atoms with Gasteiger partial charge in [-0.15, -0.1) is 0 Å². The minimum atomic E-state index is -0.554. The van der Waals surface area contributed by atoms with Crippen LogP contribution < -0.4 is 10.6 Å². The van der Waals surface area contributed by atoms with Crippen LogP contribution in [-0.2, 0) is 23.9 Å². The molecule has 0 aromatic heterocycles. The first-order chi connectivity index (χ1) is 13.9. The Morgan fingerprint density at radius 2 is 1.86 bits per heavy atom. The van der Waals surface area contributed by atoms with Gasteiger partial charge in [0.2, 0.25) is 5.91 Å². The largest absolute Gasteiger partial charge is 0.463 e. The topological polar surface area (TPSA) is 114 Å². The van der Waals surface area contributed by atoms with Crippen LogP contribution in [0.4, 0.5) is 4.79 Å². The van der Waals surface area contributed by atoms with Crippen LogP contribution in [0.5, 0.6) is 0 Å². The fourth-order valence-corrected chi connectivity index (χ4v) is 4.30. The fourth-order valence-electron chi connectivity index (χ4n) is 4.30. The van der Waals surface area contributed by atoms with E-state index in [4.69, 9.17) is 9.47 Å². The van der Waals surface area contributed by atoms with E-state index in [9.17, 15) is 19.2 Å². The maximum atomic E-state index is 12.6. The van der Waals surface area contributed by atoms with Crippen molar-refractivity contribution < 1.29 is 28.7 Å². The smallest absolute Gasteiger partial charge is 0.338 e. The van der Waals surface area contributed by atoms with Crippen LogP contribution in [0.2, 0.25) is 0 Å². The maximum Gasteiger partial charge on any atom is 0.338 e. The first-order valence-corrected chi connectivity index (χ1v) is 10.4. The number of carbonyl (C=O) groups is 4. The van der Waals surface area contributed by atoms with Crippen LogP contribution in [0.3, 0.4) is 0 Å². The monoisotopic (exact) mass is 407 g/mol. The van der Waals surface area contributed by atoms with Gasteiger partial charge in [0, 0.05) is 19.0 Å². The minimum Gasteiger partial charge on any atom is -0.463 e. The molecule has 2 heterocycles. The number of likely N-dealkylation sites (tertiary alicyclic amines) is 1. The van der Waals surface area contributed by atoms with Gasteiger partial charge in [-0.25, -0.2) is 9.59 Å². The second kappa shape index (κ2) is 9.28. The Kier molecular flexibility index (Phi) is 6.76. The predicted octanol–water partition coefficient (Wildman–Crippen LogP) is 1.23. The Morgan fingerprint density at radius 3 is 2.52 bits per heavy atom. The number of carbonyl (C=O) groups excluding carboxylic acids is 4. The lowest BCUT2D eigenvalue weighted by Crippen LogP contribution is -2.51. The van der Waals surface area contributed by atoms with Gasteiger partial charge in [0.05, 0.1) is 29.8 Å². The number of nitrogens with one attached hydrogen (secondary N) is 2. The van der Waals surface area contributed by atoms with Crippen LogP contribution in [0, 0.1) is 5.92 Å². The van der Waals surface area contributed by atoms with Crippen molar-refractivity contribution in [3.8, 4) is 0 Å². The summed E-state index contributed by atoms with van der Waals surface area (Å²) in [7, 11) is 0. The summed E-state index contributed by atoms with van der Waals surface area (Å²) < 4.78 is 10.5. The summed E-state index contributed by atoms with van der Waals surface area (Å²) in [4.78, 5) is 50.9. The molecule has 1 aliphatic carbocycles. The number of ether oxygens (including phenoxy) is 2. The van der Waals surface area contributed by atoms with E-state index < -0.39 is 29.9 Å². The molecule has 2 atom stereocenters. The zero-order valence-corrected chi connectivity index (χ0v) is 17.0. The molecule has 2 N–H and O–H groups in total. The molecule has 3 aliphatic rings. The van der Waals surface area contributed by atoms with Gasteiger partial charge in [-0.05, 0) is 26.2 Å². The molecule has 9 nitrogen and oxygen atoms in total. The van der Waals surface area contributed by atoms with Crippen molar-refractivity contribution in [1.29, 1.82) is 0 Å². The Labute approximate surface area is 170 Å². The molecule has 3 rings (SSSR count). The molecule has 1 saturated heterocycles. The van der Waals surface area contributed by atoms with Crippen molar-refractivity contribution in [2.24, 2.45) is 5.92 Å². The molecule has 1 saturated carbocycles. The van der Waals surface area contributed by atoms with Gasteiger partial charge in [-0.1, -0.05) is 19.8 Å². The molecule has 160 valence electrons. The van der Waals surface area contributed by atoms with E-state index in [-0.39, 0.29) is 42.9 Å². The van der Waals surface area contributed by atoms with Gasteiger partial charge in [0.25, 0.3) is 0 Å². The van der Waals surface area contributed by atoms with Crippen LogP contribution in [-0.4, -0.2) is 60.6 Å². The number of urea groups is 1. The molecule has 3 amide bonds. The quantitative estimate of drug-likeness (QED) is 0.614. The van der Waals surface area contributed by atoms with Gasteiger partial charge >= 0.3 is 18.0 Å². The summed E-state index contributed by atoms with van der Waals surface area (Å²) in [5, 5.41) is 5.22. The summed E-state index contributed by atoms with van der Waals surface area (Å²) in [6.07, 6.45) is 4.83. The molecule has 0 unspecified atom stereocenters. The summed E-state index contributed by atoms with van der Waals surface area (Å²) in [6, 6.07) is -0.741. The normalized spacial score (nSPS) is 25.1.